The number of ether oxygens (including phenoxy) is 1. The van der Waals surface area contributed by atoms with Crippen molar-refractivity contribution in [2.45, 2.75) is 6.54 Å². The molecule has 0 aromatic carbocycles. The molecular weight excluding hydrogens is 152 g/mol. The SMILES string of the molecule is C#CCOc1cc(CN)ccn1. The van der Waals surface area contributed by atoms with Crippen LogP contribution in [0.25, 0.3) is 0 Å². The third-order valence-corrected chi connectivity index (χ3v) is 1.34. The van der Waals surface area contributed by atoms with Crippen molar-refractivity contribution in [1.82, 2.24) is 4.98 Å². The van der Waals surface area contributed by atoms with E-state index in [2.05, 4.69) is 10.9 Å². The molecule has 0 fully saturated rings. The summed E-state index contributed by atoms with van der Waals surface area (Å²) in [5.41, 5.74) is 6.41. The maximum atomic E-state index is 5.42. The van der Waals surface area contributed by atoms with Crippen LogP contribution < -0.4 is 10.5 Å². The van der Waals surface area contributed by atoms with Crippen LogP contribution in [0.2, 0.25) is 0 Å². The Morgan fingerprint density at radius 2 is 2.50 bits per heavy atom. The fourth-order valence-electron chi connectivity index (χ4n) is 0.772. The van der Waals surface area contributed by atoms with Crippen molar-refractivity contribution in [1.29, 1.82) is 0 Å². The van der Waals surface area contributed by atoms with E-state index in [0.717, 1.165) is 5.56 Å². The summed E-state index contributed by atoms with van der Waals surface area (Å²) < 4.78 is 5.09. The van der Waals surface area contributed by atoms with E-state index < -0.39 is 0 Å². The van der Waals surface area contributed by atoms with Gasteiger partial charge >= 0.3 is 0 Å². The average Bonchev–Trinajstić information content (AvgIpc) is 2.15. The van der Waals surface area contributed by atoms with Gasteiger partial charge in [0.25, 0.3) is 0 Å². The van der Waals surface area contributed by atoms with Gasteiger partial charge in [-0.25, -0.2) is 4.98 Å². The molecule has 1 rings (SSSR count). The molecule has 12 heavy (non-hydrogen) atoms. The molecule has 3 nitrogen and oxygen atoms in total. The van der Waals surface area contributed by atoms with E-state index in [1.807, 2.05) is 6.07 Å². The molecular formula is C9H10N2O. The minimum atomic E-state index is 0.237. The zero-order valence-electron chi connectivity index (χ0n) is 6.66. The Balaban J connectivity index is 2.67. The van der Waals surface area contributed by atoms with E-state index in [4.69, 9.17) is 16.9 Å². The first-order valence-electron chi connectivity index (χ1n) is 3.58. The molecule has 0 bridgehead atoms. The van der Waals surface area contributed by atoms with Crippen molar-refractivity contribution in [2.24, 2.45) is 5.73 Å². The van der Waals surface area contributed by atoms with Gasteiger partial charge in [-0.2, -0.15) is 0 Å². The predicted molar refractivity (Wildman–Crippen MR) is 46.5 cm³/mol. The molecule has 0 spiro atoms. The number of hydrogen-bond acceptors (Lipinski definition) is 3. The largest absolute Gasteiger partial charge is 0.464 e. The van der Waals surface area contributed by atoms with Crippen molar-refractivity contribution in [3.05, 3.63) is 23.9 Å². The standard InChI is InChI=1S/C9H10N2O/c1-2-5-12-9-6-8(7-10)3-4-11-9/h1,3-4,6H,5,7,10H2. The summed E-state index contributed by atoms with van der Waals surface area (Å²) in [5, 5.41) is 0. The zero-order valence-corrected chi connectivity index (χ0v) is 6.66. The maximum absolute atomic E-state index is 5.42. The van der Waals surface area contributed by atoms with Crippen LogP contribution >= 0.6 is 0 Å². The van der Waals surface area contributed by atoms with Gasteiger partial charge in [0.1, 0.15) is 0 Å². The summed E-state index contributed by atoms with van der Waals surface area (Å²) in [4.78, 5) is 3.95. The molecule has 1 aromatic heterocycles. The number of nitrogens with zero attached hydrogens (tertiary/aromatic N) is 1. The maximum Gasteiger partial charge on any atom is 0.214 e. The van der Waals surface area contributed by atoms with Gasteiger partial charge in [0.05, 0.1) is 0 Å². The summed E-state index contributed by atoms with van der Waals surface area (Å²) in [6.07, 6.45) is 6.67. The molecule has 1 aromatic rings. The topological polar surface area (TPSA) is 48.1 Å². The third kappa shape index (κ3) is 2.26. The Hall–Kier alpha value is -1.53. The monoisotopic (exact) mass is 162 g/mol. The van der Waals surface area contributed by atoms with Gasteiger partial charge in [-0.15, -0.1) is 6.42 Å². The minimum absolute atomic E-state index is 0.237. The second-order valence-corrected chi connectivity index (χ2v) is 2.20. The first kappa shape index (κ1) is 8.57. The molecule has 1 heterocycles. The Labute approximate surface area is 71.6 Å². The van der Waals surface area contributed by atoms with Crippen LogP contribution in [0.15, 0.2) is 18.3 Å². The van der Waals surface area contributed by atoms with Crippen molar-refractivity contribution < 1.29 is 4.74 Å². The predicted octanol–water partition coefficient (Wildman–Crippen LogP) is 0.552. The molecule has 0 saturated heterocycles. The van der Waals surface area contributed by atoms with Gasteiger partial charge in [0.2, 0.25) is 5.88 Å². The molecule has 0 aliphatic rings. The minimum Gasteiger partial charge on any atom is -0.464 e. The summed E-state index contributed by atoms with van der Waals surface area (Å²) >= 11 is 0. The van der Waals surface area contributed by atoms with Gasteiger partial charge in [-0.3, -0.25) is 0 Å². The van der Waals surface area contributed by atoms with Crippen molar-refractivity contribution >= 4 is 0 Å². The lowest BCUT2D eigenvalue weighted by Crippen LogP contribution is -2.00. The summed E-state index contributed by atoms with van der Waals surface area (Å²) in [6.45, 7) is 0.718. The van der Waals surface area contributed by atoms with Crippen molar-refractivity contribution in [2.75, 3.05) is 6.61 Å². The molecule has 0 unspecified atom stereocenters. The van der Waals surface area contributed by atoms with Gasteiger partial charge in [0, 0.05) is 18.8 Å². The molecule has 0 atom stereocenters. The van der Waals surface area contributed by atoms with E-state index in [1.54, 1.807) is 12.3 Å². The number of hydrogen-bond donors (Lipinski definition) is 1. The van der Waals surface area contributed by atoms with E-state index in [-0.39, 0.29) is 6.61 Å². The Bertz CT molecular complexity index is 291. The van der Waals surface area contributed by atoms with E-state index >= 15 is 0 Å². The summed E-state index contributed by atoms with van der Waals surface area (Å²) in [6, 6.07) is 3.61. The molecule has 0 aliphatic carbocycles. The van der Waals surface area contributed by atoms with Crippen LogP contribution in [-0.2, 0) is 6.54 Å². The summed E-state index contributed by atoms with van der Waals surface area (Å²) in [5.74, 6) is 2.88. The van der Waals surface area contributed by atoms with E-state index in [0.29, 0.717) is 12.4 Å². The molecule has 2 N–H and O–H groups in total. The van der Waals surface area contributed by atoms with Gasteiger partial charge in [-0.1, -0.05) is 5.92 Å². The quantitative estimate of drug-likeness (QED) is 0.660. The zero-order chi connectivity index (χ0) is 8.81. The fourth-order valence-corrected chi connectivity index (χ4v) is 0.772. The molecule has 3 heteroatoms. The van der Waals surface area contributed by atoms with Crippen LogP contribution in [0.4, 0.5) is 0 Å². The second-order valence-electron chi connectivity index (χ2n) is 2.20. The van der Waals surface area contributed by atoms with Gasteiger partial charge in [-0.05, 0) is 11.6 Å². The van der Waals surface area contributed by atoms with Crippen molar-refractivity contribution in [3.63, 3.8) is 0 Å². The summed E-state index contributed by atoms with van der Waals surface area (Å²) in [7, 11) is 0. The lowest BCUT2D eigenvalue weighted by molar-refractivity contribution is 0.355. The van der Waals surface area contributed by atoms with Crippen molar-refractivity contribution in [3.8, 4) is 18.2 Å². The Morgan fingerprint density at radius 3 is 3.17 bits per heavy atom. The highest BCUT2D eigenvalue weighted by atomic mass is 16.5. The number of terminal acetylenes is 1. The van der Waals surface area contributed by atoms with Crippen LogP contribution in [-0.4, -0.2) is 11.6 Å². The fraction of sp³-hybridized carbons (Fsp3) is 0.222. The van der Waals surface area contributed by atoms with Crippen LogP contribution in [0.5, 0.6) is 5.88 Å². The van der Waals surface area contributed by atoms with Gasteiger partial charge in [0.15, 0.2) is 6.61 Å². The normalized spacial score (nSPS) is 9.00. The van der Waals surface area contributed by atoms with Gasteiger partial charge < -0.3 is 10.5 Å². The lowest BCUT2D eigenvalue weighted by atomic mass is 10.3. The molecule has 0 amide bonds. The highest BCUT2D eigenvalue weighted by Gasteiger charge is 1.94. The number of aromatic nitrogens is 1. The molecule has 0 radical (unpaired) electrons. The van der Waals surface area contributed by atoms with E-state index in [1.165, 1.54) is 0 Å². The van der Waals surface area contributed by atoms with Crippen LogP contribution in [0.3, 0.4) is 0 Å². The Morgan fingerprint density at radius 1 is 1.67 bits per heavy atom. The first-order valence-corrected chi connectivity index (χ1v) is 3.58. The second kappa shape index (κ2) is 4.37. The third-order valence-electron chi connectivity index (χ3n) is 1.34. The average molecular weight is 162 g/mol. The lowest BCUT2D eigenvalue weighted by Gasteiger charge is -2.01. The number of rotatable bonds is 3. The van der Waals surface area contributed by atoms with E-state index in [9.17, 15) is 0 Å². The Kier molecular flexibility index (Phi) is 3.12. The molecule has 0 saturated carbocycles. The highest BCUT2D eigenvalue weighted by molar-refractivity contribution is 5.20. The van der Waals surface area contributed by atoms with Crippen LogP contribution in [0, 0.1) is 12.3 Å². The smallest absolute Gasteiger partial charge is 0.214 e. The van der Waals surface area contributed by atoms with Crippen LogP contribution in [0.1, 0.15) is 5.56 Å². The molecule has 0 aliphatic heterocycles. The highest BCUT2D eigenvalue weighted by Crippen LogP contribution is 2.07. The number of nitrogens with two attached hydrogens (primary N) is 1. The molecule has 62 valence electrons. The first-order chi connectivity index (χ1) is 5.86. The number of pyridine rings is 1.